The van der Waals surface area contributed by atoms with Crippen molar-refractivity contribution in [2.24, 2.45) is 4.99 Å². The van der Waals surface area contributed by atoms with Gasteiger partial charge in [-0.05, 0) is 83.7 Å². The van der Waals surface area contributed by atoms with Gasteiger partial charge in [-0.3, -0.25) is 9.36 Å². The van der Waals surface area contributed by atoms with E-state index in [1.165, 1.54) is 11.3 Å². The van der Waals surface area contributed by atoms with Crippen LogP contribution in [0.15, 0.2) is 92.3 Å². The Bertz CT molecular complexity index is 1860. The van der Waals surface area contributed by atoms with Gasteiger partial charge in [-0.1, -0.05) is 53.8 Å². The van der Waals surface area contributed by atoms with Crippen molar-refractivity contribution in [3.63, 3.8) is 0 Å². The number of ether oxygens (including phenoxy) is 4. The van der Waals surface area contributed by atoms with Crippen molar-refractivity contribution in [2.45, 2.75) is 33.4 Å². The Morgan fingerprint density at radius 1 is 1.00 bits per heavy atom. The SMILES string of the molecule is CCOC(=O)C1=C(C)N=c2s/c(=C/c3ccc(OCc4ccccc4)c(OCC)c3)c(=O)n2[C@H]1c1ccc(OC)c(Br)c1. The third kappa shape index (κ3) is 6.45. The number of benzene rings is 3. The van der Waals surface area contributed by atoms with E-state index in [2.05, 4.69) is 20.9 Å². The maximum Gasteiger partial charge on any atom is 0.338 e. The van der Waals surface area contributed by atoms with Crippen molar-refractivity contribution in [2.75, 3.05) is 20.3 Å². The number of nitrogens with zero attached hydrogens (tertiary/aromatic N) is 2. The molecule has 0 bridgehead atoms. The van der Waals surface area contributed by atoms with Gasteiger partial charge >= 0.3 is 5.97 Å². The second-order valence-corrected chi connectivity index (χ2v) is 11.5. The van der Waals surface area contributed by atoms with Gasteiger partial charge in [0.1, 0.15) is 12.4 Å². The standard InChI is InChI=1S/C33H31BrN2O6S/c1-5-40-27-16-22(12-14-26(27)42-19-21-10-8-7-9-11-21)17-28-31(37)36-30(23-13-15-25(39-4)24(34)18-23)29(32(38)41-6-2)20(3)35-33(36)43-28/h7-18,30H,5-6,19H2,1-4H3/b28-17+/t30-/m0/s1. The molecular formula is C33H31BrN2O6S. The van der Waals surface area contributed by atoms with Crippen LogP contribution in [0.5, 0.6) is 17.2 Å². The van der Waals surface area contributed by atoms with Gasteiger partial charge in [-0.15, -0.1) is 0 Å². The molecule has 43 heavy (non-hydrogen) atoms. The molecule has 0 radical (unpaired) electrons. The lowest BCUT2D eigenvalue weighted by molar-refractivity contribution is -0.139. The van der Waals surface area contributed by atoms with E-state index in [4.69, 9.17) is 18.9 Å². The van der Waals surface area contributed by atoms with E-state index in [9.17, 15) is 9.59 Å². The predicted octanol–water partition coefficient (Wildman–Crippen LogP) is 5.55. The Kier molecular flexibility index (Phi) is 9.47. The van der Waals surface area contributed by atoms with Crippen LogP contribution in [0, 0.1) is 0 Å². The summed E-state index contributed by atoms with van der Waals surface area (Å²) in [6.07, 6.45) is 1.80. The molecule has 2 heterocycles. The van der Waals surface area contributed by atoms with E-state index in [-0.39, 0.29) is 12.2 Å². The minimum atomic E-state index is -0.729. The highest BCUT2D eigenvalue weighted by Gasteiger charge is 2.33. The van der Waals surface area contributed by atoms with Crippen molar-refractivity contribution in [1.29, 1.82) is 0 Å². The zero-order valence-corrected chi connectivity index (χ0v) is 26.7. The fourth-order valence-corrected chi connectivity index (χ4v) is 6.45. The molecule has 0 N–H and O–H groups in total. The average Bonchev–Trinajstić information content (AvgIpc) is 3.30. The molecule has 5 rings (SSSR count). The number of fused-ring (bicyclic) bond motifs is 1. The number of halogens is 1. The van der Waals surface area contributed by atoms with Gasteiger partial charge in [-0.2, -0.15) is 0 Å². The molecule has 1 atom stereocenters. The summed E-state index contributed by atoms with van der Waals surface area (Å²) in [6, 6.07) is 20.2. The highest BCUT2D eigenvalue weighted by molar-refractivity contribution is 9.10. The van der Waals surface area contributed by atoms with Crippen LogP contribution in [0.2, 0.25) is 0 Å². The summed E-state index contributed by atoms with van der Waals surface area (Å²) in [5.41, 5.74) is 3.09. The smallest absolute Gasteiger partial charge is 0.338 e. The molecule has 0 saturated carbocycles. The van der Waals surface area contributed by atoms with E-state index in [1.54, 1.807) is 37.7 Å². The molecule has 0 aliphatic carbocycles. The highest BCUT2D eigenvalue weighted by Crippen LogP contribution is 2.35. The largest absolute Gasteiger partial charge is 0.496 e. The number of aromatic nitrogens is 1. The van der Waals surface area contributed by atoms with Crippen LogP contribution >= 0.6 is 27.3 Å². The number of rotatable bonds is 10. The highest BCUT2D eigenvalue weighted by atomic mass is 79.9. The Labute approximate surface area is 261 Å². The van der Waals surface area contributed by atoms with Crippen LogP contribution in [-0.2, 0) is 16.1 Å². The van der Waals surface area contributed by atoms with Crippen LogP contribution in [0.1, 0.15) is 43.5 Å². The molecule has 0 unspecified atom stereocenters. The van der Waals surface area contributed by atoms with Gasteiger partial charge in [0.25, 0.3) is 5.56 Å². The third-order valence-corrected chi connectivity index (χ3v) is 8.41. The topological polar surface area (TPSA) is 88.4 Å². The third-order valence-electron chi connectivity index (χ3n) is 6.81. The molecule has 0 amide bonds. The second kappa shape index (κ2) is 13.4. The maximum atomic E-state index is 14.0. The summed E-state index contributed by atoms with van der Waals surface area (Å²) in [5.74, 6) is 1.32. The van der Waals surface area contributed by atoms with E-state index in [0.717, 1.165) is 16.7 Å². The first kappa shape index (κ1) is 30.3. The van der Waals surface area contributed by atoms with Gasteiger partial charge in [0, 0.05) is 0 Å². The number of methoxy groups -OCH3 is 1. The molecule has 222 valence electrons. The minimum absolute atomic E-state index is 0.201. The van der Waals surface area contributed by atoms with Crippen molar-refractivity contribution in [3.8, 4) is 17.2 Å². The van der Waals surface area contributed by atoms with Crippen LogP contribution in [-0.4, -0.2) is 30.9 Å². The first-order valence-electron chi connectivity index (χ1n) is 13.8. The van der Waals surface area contributed by atoms with E-state index in [0.29, 0.717) is 55.5 Å². The molecular weight excluding hydrogens is 632 g/mol. The Balaban J connectivity index is 1.58. The molecule has 0 fully saturated rings. The quantitative estimate of drug-likeness (QED) is 0.207. The van der Waals surface area contributed by atoms with Gasteiger partial charge in [0.15, 0.2) is 16.3 Å². The normalized spacial score (nSPS) is 14.6. The molecule has 1 aliphatic rings. The van der Waals surface area contributed by atoms with Crippen molar-refractivity contribution >= 4 is 39.3 Å². The Hall–Kier alpha value is -4.15. The molecule has 0 saturated heterocycles. The lowest BCUT2D eigenvalue weighted by Crippen LogP contribution is -2.39. The number of thiazole rings is 1. The zero-order valence-electron chi connectivity index (χ0n) is 24.3. The van der Waals surface area contributed by atoms with Gasteiger partial charge in [0.05, 0.1) is 46.6 Å². The second-order valence-electron chi connectivity index (χ2n) is 9.61. The number of hydrogen-bond acceptors (Lipinski definition) is 8. The fraction of sp³-hybridized carbons (Fsp3) is 0.242. The van der Waals surface area contributed by atoms with Crippen LogP contribution in [0.3, 0.4) is 0 Å². The minimum Gasteiger partial charge on any atom is -0.496 e. The molecule has 10 heteroatoms. The zero-order chi connectivity index (χ0) is 30.5. The maximum absolute atomic E-state index is 14.0. The lowest BCUT2D eigenvalue weighted by atomic mass is 9.96. The first-order valence-corrected chi connectivity index (χ1v) is 15.4. The van der Waals surface area contributed by atoms with Crippen molar-refractivity contribution < 1.29 is 23.7 Å². The van der Waals surface area contributed by atoms with Crippen molar-refractivity contribution in [3.05, 3.63) is 119 Å². The summed E-state index contributed by atoms with van der Waals surface area (Å²) in [4.78, 5) is 32.3. The van der Waals surface area contributed by atoms with Gasteiger partial charge in [-0.25, -0.2) is 9.79 Å². The van der Waals surface area contributed by atoms with Crippen LogP contribution in [0.4, 0.5) is 0 Å². The number of esters is 1. The van der Waals surface area contributed by atoms with Crippen molar-refractivity contribution in [1.82, 2.24) is 4.57 Å². The molecule has 1 aromatic heterocycles. The fourth-order valence-electron chi connectivity index (χ4n) is 4.85. The lowest BCUT2D eigenvalue weighted by Gasteiger charge is -2.25. The van der Waals surface area contributed by atoms with Crippen LogP contribution < -0.4 is 29.1 Å². The Morgan fingerprint density at radius 3 is 2.47 bits per heavy atom. The van der Waals surface area contributed by atoms with E-state index >= 15 is 0 Å². The molecule has 3 aromatic carbocycles. The Morgan fingerprint density at radius 2 is 1.77 bits per heavy atom. The van der Waals surface area contributed by atoms with E-state index < -0.39 is 12.0 Å². The summed E-state index contributed by atoms with van der Waals surface area (Å²) >= 11 is 4.80. The van der Waals surface area contributed by atoms with Gasteiger partial charge in [0.2, 0.25) is 0 Å². The average molecular weight is 664 g/mol. The summed E-state index contributed by atoms with van der Waals surface area (Å²) in [6.45, 7) is 6.48. The number of allylic oxidation sites excluding steroid dienone is 1. The predicted molar refractivity (Wildman–Crippen MR) is 169 cm³/mol. The summed E-state index contributed by atoms with van der Waals surface area (Å²) in [7, 11) is 1.58. The van der Waals surface area contributed by atoms with E-state index in [1.807, 2.05) is 67.6 Å². The summed E-state index contributed by atoms with van der Waals surface area (Å²) < 4.78 is 25.4. The molecule has 8 nitrogen and oxygen atoms in total. The number of hydrogen-bond donors (Lipinski definition) is 0. The molecule has 1 aliphatic heterocycles. The number of carbonyl (C=O) groups excluding carboxylic acids is 1. The summed E-state index contributed by atoms with van der Waals surface area (Å²) in [5, 5.41) is 0. The van der Waals surface area contributed by atoms with Crippen LogP contribution in [0.25, 0.3) is 6.08 Å². The number of carbonyl (C=O) groups is 1. The first-order chi connectivity index (χ1) is 20.8. The molecule has 0 spiro atoms. The monoisotopic (exact) mass is 662 g/mol. The molecule has 4 aromatic rings. The van der Waals surface area contributed by atoms with Gasteiger partial charge < -0.3 is 18.9 Å².